The molecule has 1 aliphatic heterocycles. The number of benzene rings is 1. The zero-order chi connectivity index (χ0) is 14.2. The van der Waals surface area contributed by atoms with Crippen molar-refractivity contribution in [3.63, 3.8) is 0 Å². The maximum atomic E-state index is 11.9. The first-order valence-electron chi connectivity index (χ1n) is 8.09. The number of aryl methyl sites for hydroxylation is 2. The third kappa shape index (κ3) is 4.99. The molecular weight excluding hydrogens is 246 g/mol. The summed E-state index contributed by atoms with van der Waals surface area (Å²) >= 11 is 0. The van der Waals surface area contributed by atoms with Gasteiger partial charge in [-0.25, -0.2) is 0 Å². The second-order valence-electron chi connectivity index (χ2n) is 5.99. The Hall–Kier alpha value is -1.31. The normalized spacial score (nSPS) is 14.8. The fourth-order valence-corrected chi connectivity index (χ4v) is 2.95. The van der Waals surface area contributed by atoms with Crippen molar-refractivity contribution >= 4 is 5.91 Å². The summed E-state index contributed by atoms with van der Waals surface area (Å²) in [6.07, 6.45) is 9.04. The highest BCUT2D eigenvalue weighted by molar-refractivity contribution is 5.76. The monoisotopic (exact) mass is 273 g/mol. The highest BCUT2D eigenvalue weighted by Crippen LogP contribution is 2.13. The molecular formula is C18H27NO. The maximum Gasteiger partial charge on any atom is 0.222 e. The van der Waals surface area contributed by atoms with Gasteiger partial charge in [0.15, 0.2) is 0 Å². The van der Waals surface area contributed by atoms with E-state index < -0.39 is 0 Å². The van der Waals surface area contributed by atoms with Crippen molar-refractivity contribution in [2.75, 3.05) is 13.1 Å². The Morgan fingerprint density at radius 3 is 2.60 bits per heavy atom. The van der Waals surface area contributed by atoms with Gasteiger partial charge in [0.05, 0.1) is 0 Å². The van der Waals surface area contributed by atoms with E-state index in [9.17, 15) is 4.79 Å². The Bertz CT molecular complexity index is 421. The van der Waals surface area contributed by atoms with E-state index in [1.807, 2.05) is 4.90 Å². The molecule has 0 N–H and O–H groups in total. The summed E-state index contributed by atoms with van der Waals surface area (Å²) < 4.78 is 0. The van der Waals surface area contributed by atoms with Gasteiger partial charge in [-0.2, -0.15) is 0 Å². The Kier molecular flexibility index (Phi) is 6.10. The lowest BCUT2D eigenvalue weighted by Crippen LogP contribution is -2.27. The number of hydrogen-bond donors (Lipinski definition) is 0. The molecule has 2 heteroatoms. The molecule has 1 fully saturated rings. The third-order valence-electron chi connectivity index (χ3n) is 4.15. The van der Waals surface area contributed by atoms with Gasteiger partial charge in [-0.1, -0.05) is 42.7 Å². The van der Waals surface area contributed by atoms with Crippen molar-refractivity contribution in [2.24, 2.45) is 0 Å². The van der Waals surface area contributed by atoms with Crippen LogP contribution in [0, 0.1) is 6.92 Å². The predicted octanol–water partition coefficient (Wildman–Crippen LogP) is 4.11. The first kappa shape index (κ1) is 15.1. The molecule has 110 valence electrons. The number of carbonyl (C=O) groups is 1. The molecule has 2 nitrogen and oxygen atoms in total. The minimum absolute atomic E-state index is 0.376. The Balaban J connectivity index is 1.52. The van der Waals surface area contributed by atoms with Gasteiger partial charge < -0.3 is 4.90 Å². The molecule has 0 unspecified atom stereocenters. The standard InChI is InChI=1S/C18H27NO/c1-16-9-8-11-17(15-16)10-4-2-3-5-12-18(20)19-13-6-7-14-19/h8-9,11,15H,2-7,10,12-14H2,1H3. The molecule has 0 atom stereocenters. The van der Waals surface area contributed by atoms with E-state index in [1.165, 1.54) is 49.7 Å². The fourth-order valence-electron chi connectivity index (χ4n) is 2.95. The van der Waals surface area contributed by atoms with E-state index >= 15 is 0 Å². The van der Waals surface area contributed by atoms with Gasteiger partial charge >= 0.3 is 0 Å². The lowest BCUT2D eigenvalue weighted by Gasteiger charge is -2.14. The quantitative estimate of drug-likeness (QED) is 0.685. The zero-order valence-corrected chi connectivity index (χ0v) is 12.7. The number of nitrogens with zero attached hydrogens (tertiary/aromatic N) is 1. The predicted molar refractivity (Wildman–Crippen MR) is 83.8 cm³/mol. The maximum absolute atomic E-state index is 11.9. The average Bonchev–Trinajstić information content (AvgIpc) is 2.96. The number of carbonyl (C=O) groups excluding carboxylic acids is 1. The van der Waals surface area contributed by atoms with E-state index in [0.717, 1.165) is 25.9 Å². The van der Waals surface area contributed by atoms with E-state index in [1.54, 1.807) is 0 Å². The summed E-state index contributed by atoms with van der Waals surface area (Å²) in [5.74, 6) is 0.376. The number of rotatable bonds is 7. The molecule has 0 aliphatic carbocycles. The van der Waals surface area contributed by atoms with Crippen molar-refractivity contribution in [1.82, 2.24) is 4.90 Å². The molecule has 1 aromatic carbocycles. The van der Waals surface area contributed by atoms with Crippen LogP contribution in [0.2, 0.25) is 0 Å². The van der Waals surface area contributed by atoms with Crippen LogP contribution in [0.5, 0.6) is 0 Å². The van der Waals surface area contributed by atoms with Gasteiger partial charge in [0, 0.05) is 19.5 Å². The van der Waals surface area contributed by atoms with Crippen molar-refractivity contribution < 1.29 is 4.79 Å². The molecule has 0 bridgehead atoms. The average molecular weight is 273 g/mol. The van der Waals surface area contributed by atoms with Crippen LogP contribution < -0.4 is 0 Å². The molecule has 2 rings (SSSR count). The SMILES string of the molecule is Cc1cccc(CCCCCCC(=O)N2CCCC2)c1. The minimum atomic E-state index is 0.376. The van der Waals surface area contributed by atoms with Gasteiger partial charge in [-0.15, -0.1) is 0 Å². The zero-order valence-electron chi connectivity index (χ0n) is 12.7. The van der Waals surface area contributed by atoms with E-state index in [2.05, 4.69) is 31.2 Å². The lowest BCUT2D eigenvalue weighted by atomic mass is 10.0. The molecule has 20 heavy (non-hydrogen) atoms. The fraction of sp³-hybridized carbons (Fsp3) is 0.611. The van der Waals surface area contributed by atoms with Crippen LogP contribution in [0.3, 0.4) is 0 Å². The Labute approximate surface area is 123 Å². The van der Waals surface area contributed by atoms with Crippen molar-refractivity contribution in [3.05, 3.63) is 35.4 Å². The minimum Gasteiger partial charge on any atom is -0.343 e. The lowest BCUT2D eigenvalue weighted by molar-refractivity contribution is -0.130. The highest BCUT2D eigenvalue weighted by atomic mass is 16.2. The van der Waals surface area contributed by atoms with Crippen LogP contribution in [0.1, 0.15) is 56.1 Å². The summed E-state index contributed by atoms with van der Waals surface area (Å²) in [7, 11) is 0. The van der Waals surface area contributed by atoms with Crippen molar-refractivity contribution in [3.8, 4) is 0 Å². The molecule has 1 aromatic rings. The van der Waals surface area contributed by atoms with E-state index in [0.29, 0.717) is 5.91 Å². The van der Waals surface area contributed by atoms with Crippen LogP contribution in [0.15, 0.2) is 24.3 Å². The van der Waals surface area contributed by atoms with E-state index in [4.69, 9.17) is 0 Å². The molecule has 1 amide bonds. The van der Waals surface area contributed by atoms with Crippen LogP contribution >= 0.6 is 0 Å². The summed E-state index contributed by atoms with van der Waals surface area (Å²) in [5.41, 5.74) is 2.79. The Morgan fingerprint density at radius 1 is 1.10 bits per heavy atom. The van der Waals surface area contributed by atoms with Gasteiger partial charge in [0.2, 0.25) is 5.91 Å². The second-order valence-corrected chi connectivity index (χ2v) is 5.99. The summed E-state index contributed by atoms with van der Waals surface area (Å²) in [6, 6.07) is 8.77. The molecule has 0 aromatic heterocycles. The molecule has 1 aliphatic rings. The van der Waals surface area contributed by atoms with Gasteiger partial charge in [0.25, 0.3) is 0 Å². The summed E-state index contributed by atoms with van der Waals surface area (Å²) in [5, 5.41) is 0. The number of amides is 1. The summed E-state index contributed by atoms with van der Waals surface area (Å²) in [4.78, 5) is 13.9. The van der Waals surface area contributed by atoms with Crippen LogP contribution in [0.4, 0.5) is 0 Å². The number of hydrogen-bond acceptors (Lipinski definition) is 1. The topological polar surface area (TPSA) is 20.3 Å². The van der Waals surface area contributed by atoms with Gasteiger partial charge in [-0.3, -0.25) is 4.79 Å². The number of likely N-dealkylation sites (tertiary alicyclic amines) is 1. The summed E-state index contributed by atoms with van der Waals surface area (Å²) in [6.45, 7) is 4.13. The Morgan fingerprint density at radius 2 is 1.85 bits per heavy atom. The first-order chi connectivity index (χ1) is 9.75. The first-order valence-corrected chi connectivity index (χ1v) is 8.09. The molecule has 0 radical (unpaired) electrons. The van der Waals surface area contributed by atoms with Crippen LogP contribution in [-0.4, -0.2) is 23.9 Å². The molecule has 0 spiro atoms. The molecule has 1 saturated heterocycles. The largest absolute Gasteiger partial charge is 0.343 e. The third-order valence-corrected chi connectivity index (χ3v) is 4.15. The van der Waals surface area contributed by atoms with Crippen LogP contribution in [0.25, 0.3) is 0 Å². The van der Waals surface area contributed by atoms with E-state index in [-0.39, 0.29) is 0 Å². The molecule has 1 heterocycles. The van der Waals surface area contributed by atoms with Crippen LogP contribution in [-0.2, 0) is 11.2 Å². The van der Waals surface area contributed by atoms with Crippen molar-refractivity contribution in [2.45, 2.75) is 58.3 Å². The van der Waals surface area contributed by atoms with Gasteiger partial charge in [-0.05, 0) is 44.6 Å². The van der Waals surface area contributed by atoms with Crippen molar-refractivity contribution in [1.29, 1.82) is 0 Å². The highest BCUT2D eigenvalue weighted by Gasteiger charge is 2.16. The second kappa shape index (κ2) is 8.08. The number of unbranched alkanes of at least 4 members (excludes halogenated alkanes) is 3. The smallest absolute Gasteiger partial charge is 0.222 e. The molecule has 0 saturated carbocycles. The van der Waals surface area contributed by atoms with Gasteiger partial charge in [0.1, 0.15) is 0 Å².